The summed E-state index contributed by atoms with van der Waals surface area (Å²) in [5, 5.41) is 3.57. The fourth-order valence-electron chi connectivity index (χ4n) is 2.36. The average Bonchev–Trinajstić information content (AvgIpc) is 3.19. The van der Waals surface area contributed by atoms with Crippen molar-refractivity contribution in [3.05, 3.63) is 0 Å². The molecule has 0 aromatic carbocycles. The molecule has 1 unspecified atom stereocenters. The van der Waals surface area contributed by atoms with Crippen LogP contribution in [-0.2, 0) is 4.74 Å². The zero-order valence-corrected chi connectivity index (χ0v) is 11.3. The molecule has 2 rings (SSSR count). The van der Waals surface area contributed by atoms with E-state index in [1.807, 2.05) is 0 Å². The summed E-state index contributed by atoms with van der Waals surface area (Å²) >= 11 is 0. The molecule has 1 N–H and O–H groups in total. The number of hydrogen-bond donors (Lipinski definition) is 1. The first-order valence-electron chi connectivity index (χ1n) is 7.00. The summed E-state index contributed by atoms with van der Waals surface area (Å²) in [7, 11) is 2.26. The molecule has 1 saturated heterocycles. The Kier molecular flexibility index (Phi) is 5.22. The van der Waals surface area contributed by atoms with Gasteiger partial charge in [0.1, 0.15) is 0 Å². The minimum atomic E-state index is 0.659. The second-order valence-corrected chi connectivity index (χ2v) is 5.40. The minimum Gasteiger partial charge on any atom is -0.379 e. The second kappa shape index (κ2) is 6.69. The zero-order chi connectivity index (χ0) is 12.1. The third kappa shape index (κ3) is 4.54. The van der Waals surface area contributed by atoms with E-state index in [-0.39, 0.29) is 0 Å². The maximum absolute atomic E-state index is 5.34. The first-order chi connectivity index (χ1) is 8.27. The standard InChI is InChI=1S/C13H27N3O/c1-12(15(2)13-3-4-13)11-14-5-6-16-7-9-17-10-8-16/h12-14H,3-11H2,1-2H3. The molecule has 1 atom stereocenters. The lowest BCUT2D eigenvalue weighted by Crippen LogP contribution is -2.43. The highest BCUT2D eigenvalue weighted by Crippen LogP contribution is 2.26. The van der Waals surface area contributed by atoms with E-state index in [0.29, 0.717) is 6.04 Å². The quantitative estimate of drug-likeness (QED) is 0.653. The van der Waals surface area contributed by atoms with Gasteiger partial charge in [0.15, 0.2) is 0 Å². The Morgan fingerprint density at radius 3 is 2.71 bits per heavy atom. The Bertz CT molecular complexity index is 215. The predicted octanol–water partition coefficient (Wildman–Crippen LogP) is 0.391. The van der Waals surface area contributed by atoms with Crippen LogP contribution in [0.4, 0.5) is 0 Å². The van der Waals surface area contributed by atoms with Crippen LogP contribution in [0.1, 0.15) is 19.8 Å². The molecular formula is C13H27N3O. The van der Waals surface area contributed by atoms with Crippen molar-refractivity contribution in [2.75, 3.05) is 53.0 Å². The largest absolute Gasteiger partial charge is 0.379 e. The average molecular weight is 241 g/mol. The summed E-state index contributed by atoms with van der Waals surface area (Å²) in [6.07, 6.45) is 2.79. The maximum atomic E-state index is 5.34. The number of nitrogens with one attached hydrogen (secondary N) is 1. The first-order valence-corrected chi connectivity index (χ1v) is 7.00. The van der Waals surface area contributed by atoms with Gasteiger partial charge >= 0.3 is 0 Å². The SMILES string of the molecule is CC(CNCCN1CCOCC1)N(C)C1CC1. The first kappa shape index (κ1) is 13.3. The van der Waals surface area contributed by atoms with E-state index in [9.17, 15) is 0 Å². The number of morpholine rings is 1. The molecule has 0 bridgehead atoms. The number of likely N-dealkylation sites (N-methyl/N-ethyl adjacent to an activating group) is 1. The van der Waals surface area contributed by atoms with Crippen LogP contribution in [0, 0.1) is 0 Å². The molecule has 0 aromatic rings. The normalized spacial score (nSPS) is 24.2. The van der Waals surface area contributed by atoms with E-state index < -0.39 is 0 Å². The summed E-state index contributed by atoms with van der Waals surface area (Å²) in [4.78, 5) is 4.99. The third-order valence-electron chi connectivity index (χ3n) is 3.97. The van der Waals surface area contributed by atoms with Gasteiger partial charge in [-0.25, -0.2) is 0 Å². The number of nitrogens with zero attached hydrogens (tertiary/aromatic N) is 2. The molecule has 2 fully saturated rings. The lowest BCUT2D eigenvalue weighted by molar-refractivity contribution is 0.0382. The van der Waals surface area contributed by atoms with Crippen molar-refractivity contribution in [3.63, 3.8) is 0 Å². The molecule has 1 heterocycles. The fourth-order valence-corrected chi connectivity index (χ4v) is 2.36. The summed E-state index contributed by atoms with van der Waals surface area (Å²) in [6, 6.07) is 1.53. The van der Waals surface area contributed by atoms with Crippen molar-refractivity contribution in [1.29, 1.82) is 0 Å². The van der Waals surface area contributed by atoms with Crippen molar-refractivity contribution in [2.24, 2.45) is 0 Å². The van der Waals surface area contributed by atoms with Crippen LogP contribution >= 0.6 is 0 Å². The number of hydrogen-bond acceptors (Lipinski definition) is 4. The van der Waals surface area contributed by atoms with E-state index >= 15 is 0 Å². The lowest BCUT2D eigenvalue weighted by atomic mass is 10.3. The van der Waals surface area contributed by atoms with E-state index in [4.69, 9.17) is 4.74 Å². The van der Waals surface area contributed by atoms with Gasteiger partial charge in [0.05, 0.1) is 13.2 Å². The summed E-state index contributed by atoms with van der Waals surface area (Å²) < 4.78 is 5.34. The molecular weight excluding hydrogens is 214 g/mol. The third-order valence-corrected chi connectivity index (χ3v) is 3.97. The molecule has 1 aliphatic heterocycles. The molecule has 2 aliphatic rings. The maximum Gasteiger partial charge on any atom is 0.0594 e. The van der Waals surface area contributed by atoms with Gasteiger partial charge in [-0.3, -0.25) is 9.80 Å². The molecule has 100 valence electrons. The van der Waals surface area contributed by atoms with Crippen LogP contribution in [0.2, 0.25) is 0 Å². The van der Waals surface area contributed by atoms with Crippen LogP contribution in [0.3, 0.4) is 0 Å². The van der Waals surface area contributed by atoms with Gasteiger partial charge in [-0.2, -0.15) is 0 Å². The van der Waals surface area contributed by atoms with Gasteiger partial charge in [-0.05, 0) is 26.8 Å². The highest BCUT2D eigenvalue weighted by Gasteiger charge is 2.28. The topological polar surface area (TPSA) is 27.7 Å². The highest BCUT2D eigenvalue weighted by molar-refractivity contribution is 4.85. The van der Waals surface area contributed by atoms with Gasteiger partial charge in [-0.1, -0.05) is 0 Å². The van der Waals surface area contributed by atoms with Crippen LogP contribution < -0.4 is 5.32 Å². The molecule has 4 heteroatoms. The highest BCUT2D eigenvalue weighted by atomic mass is 16.5. The van der Waals surface area contributed by atoms with E-state index in [0.717, 1.165) is 52.0 Å². The molecule has 0 radical (unpaired) electrons. The summed E-state index contributed by atoms with van der Waals surface area (Å²) in [5.41, 5.74) is 0. The van der Waals surface area contributed by atoms with E-state index in [1.54, 1.807) is 0 Å². The molecule has 1 aliphatic carbocycles. The number of rotatable bonds is 7. The van der Waals surface area contributed by atoms with Gasteiger partial charge in [-0.15, -0.1) is 0 Å². The lowest BCUT2D eigenvalue weighted by Gasteiger charge is -2.28. The van der Waals surface area contributed by atoms with Crippen molar-refractivity contribution in [1.82, 2.24) is 15.1 Å². The Balaban J connectivity index is 1.50. The fraction of sp³-hybridized carbons (Fsp3) is 1.00. The second-order valence-electron chi connectivity index (χ2n) is 5.40. The van der Waals surface area contributed by atoms with Crippen molar-refractivity contribution >= 4 is 0 Å². The monoisotopic (exact) mass is 241 g/mol. The van der Waals surface area contributed by atoms with Gasteiger partial charge in [0.25, 0.3) is 0 Å². The number of ether oxygens (including phenoxy) is 1. The van der Waals surface area contributed by atoms with Gasteiger partial charge < -0.3 is 10.1 Å². The van der Waals surface area contributed by atoms with Crippen LogP contribution in [0.25, 0.3) is 0 Å². The summed E-state index contributed by atoms with van der Waals surface area (Å²) in [5.74, 6) is 0. The Labute approximate surface area is 105 Å². The molecule has 4 nitrogen and oxygen atoms in total. The molecule has 0 aromatic heterocycles. The molecule has 0 spiro atoms. The Morgan fingerprint density at radius 1 is 1.35 bits per heavy atom. The summed E-state index contributed by atoms with van der Waals surface area (Å²) in [6.45, 7) is 9.68. The van der Waals surface area contributed by atoms with Gasteiger partial charge in [0.2, 0.25) is 0 Å². The van der Waals surface area contributed by atoms with Crippen LogP contribution in [-0.4, -0.2) is 74.9 Å². The zero-order valence-electron chi connectivity index (χ0n) is 11.3. The Morgan fingerprint density at radius 2 is 2.06 bits per heavy atom. The van der Waals surface area contributed by atoms with E-state index in [1.165, 1.54) is 12.8 Å². The van der Waals surface area contributed by atoms with E-state index in [2.05, 4.69) is 29.1 Å². The predicted molar refractivity (Wildman–Crippen MR) is 70.4 cm³/mol. The van der Waals surface area contributed by atoms with Crippen molar-refractivity contribution < 1.29 is 4.74 Å². The smallest absolute Gasteiger partial charge is 0.0594 e. The minimum absolute atomic E-state index is 0.659. The molecule has 0 amide bonds. The van der Waals surface area contributed by atoms with Gasteiger partial charge in [0, 0.05) is 44.8 Å². The van der Waals surface area contributed by atoms with Crippen molar-refractivity contribution in [2.45, 2.75) is 31.8 Å². The van der Waals surface area contributed by atoms with Crippen LogP contribution in [0.5, 0.6) is 0 Å². The molecule has 17 heavy (non-hydrogen) atoms. The van der Waals surface area contributed by atoms with Crippen LogP contribution in [0.15, 0.2) is 0 Å². The molecule has 1 saturated carbocycles. The Hall–Kier alpha value is -0.160. The van der Waals surface area contributed by atoms with Crippen molar-refractivity contribution in [3.8, 4) is 0 Å².